The van der Waals surface area contributed by atoms with Gasteiger partial charge in [0.05, 0.1) is 23.7 Å². The van der Waals surface area contributed by atoms with Crippen LogP contribution in [-0.4, -0.2) is 19.5 Å². The fourth-order valence-electron chi connectivity index (χ4n) is 3.18. The largest absolute Gasteiger partial charge is 0.386 e. The minimum Gasteiger partial charge on any atom is -0.386 e. The molecule has 29 heavy (non-hydrogen) atoms. The number of pyridine rings is 2. The molecule has 4 nitrogen and oxygen atoms in total. The monoisotopic (exact) mass is 401 g/mol. The summed E-state index contributed by atoms with van der Waals surface area (Å²) < 4.78 is 57.8. The number of aromatic nitrogens is 3. The highest BCUT2D eigenvalue weighted by Crippen LogP contribution is 2.32. The Balaban J connectivity index is 1.88. The molecular formula is C21H15F4N3O. The summed E-state index contributed by atoms with van der Waals surface area (Å²) in [5.74, 6) is -3.29. The first-order valence-corrected chi connectivity index (χ1v) is 8.66. The second-order valence-corrected chi connectivity index (χ2v) is 7.12. The van der Waals surface area contributed by atoms with E-state index in [1.807, 2.05) is 0 Å². The normalized spacial score (nSPS) is 12.0. The Bertz CT molecular complexity index is 1240. The van der Waals surface area contributed by atoms with E-state index in [1.54, 1.807) is 0 Å². The maximum Gasteiger partial charge on any atom is 0.174 e. The van der Waals surface area contributed by atoms with Crippen LogP contribution in [0.5, 0.6) is 0 Å². The van der Waals surface area contributed by atoms with Crippen LogP contribution < -0.4 is 0 Å². The molecule has 0 atom stereocenters. The van der Waals surface area contributed by atoms with E-state index in [4.69, 9.17) is 0 Å². The van der Waals surface area contributed by atoms with Crippen molar-refractivity contribution in [1.29, 1.82) is 0 Å². The van der Waals surface area contributed by atoms with Crippen LogP contribution in [0.15, 0.2) is 48.9 Å². The number of hydrogen-bond acceptors (Lipinski definition) is 3. The van der Waals surface area contributed by atoms with E-state index in [0.717, 1.165) is 12.3 Å². The first kappa shape index (κ1) is 19.1. The minimum absolute atomic E-state index is 0.0170. The zero-order valence-corrected chi connectivity index (χ0v) is 15.4. The van der Waals surface area contributed by atoms with Crippen LogP contribution in [0.1, 0.15) is 19.4 Å². The van der Waals surface area contributed by atoms with Crippen molar-refractivity contribution in [3.8, 4) is 22.5 Å². The topological polar surface area (TPSA) is 50.4 Å². The summed E-state index contributed by atoms with van der Waals surface area (Å²) in [6, 6.07) is 5.95. The zero-order valence-electron chi connectivity index (χ0n) is 15.4. The average molecular weight is 401 g/mol. The van der Waals surface area contributed by atoms with E-state index in [1.165, 1.54) is 48.8 Å². The molecule has 0 unspecified atom stereocenters. The van der Waals surface area contributed by atoms with Gasteiger partial charge in [-0.2, -0.15) is 0 Å². The van der Waals surface area contributed by atoms with Crippen molar-refractivity contribution < 1.29 is 22.7 Å². The minimum atomic E-state index is -1.40. The van der Waals surface area contributed by atoms with Crippen molar-refractivity contribution in [2.24, 2.45) is 0 Å². The van der Waals surface area contributed by atoms with Crippen LogP contribution in [0, 0.1) is 23.3 Å². The van der Waals surface area contributed by atoms with Crippen molar-refractivity contribution in [1.82, 2.24) is 14.4 Å². The Morgan fingerprint density at radius 2 is 1.69 bits per heavy atom. The zero-order chi connectivity index (χ0) is 20.9. The molecule has 0 radical (unpaired) electrons. The fraction of sp³-hybridized carbons (Fsp3) is 0.143. The maximum atomic E-state index is 14.8. The fourth-order valence-corrected chi connectivity index (χ4v) is 3.18. The van der Waals surface area contributed by atoms with E-state index >= 15 is 0 Å². The van der Waals surface area contributed by atoms with Gasteiger partial charge in [0, 0.05) is 29.0 Å². The molecule has 0 saturated heterocycles. The quantitative estimate of drug-likeness (QED) is 0.500. The van der Waals surface area contributed by atoms with Crippen LogP contribution in [0.2, 0.25) is 0 Å². The number of nitrogens with zero attached hydrogens (tertiary/aromatic N) is 3. The molecule has 0 fully saturated rings. The molecule has 1 N–H and O–H groups in total. The number of fused-ring (bicyclic) bond motifs is 1. The molecule has 0 spiro atoms. The number of imidazole rings is 1. The molecule has 4 rings (SSSR count). The third-order valence-corrected chi connectivity index (χ3v) is 4.60. The second kappa shape index (κ2) is 6.66. The highest BCUT2D eigenvalue weighted by Gasteiger charge is 2.24. The number of aliphatic hydroxyl groups is 1. The van der Waals surface area contributed by atoms with Gasteiger partial charge in [0.25, 0.3) is 0 Å². The van der Waals surface area contributed by atoms with Gasteiger partial charge in [-0.3, -0.25) is 9.38 Å². The molecule has 1 aromatic carbocycles. The average Bonchev–Trinajstić information content (AvgIpc) is 3.07. The maximum absolute atomic E-state index is 14.8. The molecule has 0 aliphatic heterocycles. The summed E-state index contributed by atoms with van der Waals surface area (Å²) >= 11 is 0. The summed E-state index contributed by atoms with van der Waals surface area (Å²) in [5.41, 5.74) is -0.984. The predicted molar refractivity (Wildman–Crippen MR) is 98.9 cm³/mol. The van der Waals surface area contributed by atoms with Gasteiger partial charge >= 0.3 is 0 Å². The molecule has 8 heteroatoms. The van der Waals surface area contributed by atoms with Crippen LogP contribution >= 0.6 is 0 Å². The van der Waals surface area contributed by atoms with E-state index in [2.05, 4.69) is 9.97 Å². The molecular weight excluding hydrogens is 386 g/mol. The van der Waals surface area contributed by atoms with Crippen molar-refractivity contribution in [2.45, 2.75) is 19.4 Å². The third kappa shape index (κ3) is 3.25. The molecule has 0 saturated carbocycles. The van der Waals surface area contributed by atoms with Crippen molar-refractivity contribution in [2.75, 3.05) is 0 Å². The van der Waals surface area contributed by atoms with Gasteiger partial charge in [-0.1, -0.05) is 0 Å². The molecule has 3 aromatic heterocycles. The van der Waals surface area contributed by atoms with E-state index in [0.29, 0.717) is 17.3 Å². The number of rotatable bonds is 3. The van der Waals surface area contributed by atoms with E-state index in [9.17, 15) is 22.7 Å². The smallest absolute Gasteiger partial charge is 0.174 e. The summed E-state index contributed by atoms with van der Waals surface area (Å²) in [4.78, 5) is 7.71. The lowest BCUT2D eigenvalue weighted by molar-refractivity contribution is 0.0746. The summed E-state index contributed by atoms with van der Waals surface area (Å²) in [6.07, 6.45) is 3.72. The molecule has 0 amide bonds. The van der Waals surface area contributed by atoms with Gasteiger partial charge in [-0.05, 0) is 38.1 Å². The van der Waals surface area contributed by atoms with E-state index in [-0.39, 0.29) is 22.5 Å². The molecule has 0 bridgehead atoms. The lowest BCUT2D eigenvalue weighted by Crippen LogP contribution is -2.18. The van der Waals surface area contributed by atoms with Crippen LogP contribution in [0.4, 0.5) is 17.6 Å². The second-order valence-electron chi connectivity index (χ2n) is 7.12. The van der Waals surface area contributed by atoms with Gasteiger partial charge in [0.15, 0.2) is 17.3 Å². The van der Waals surface area contributed by atoms with Gasteiger partial charge in [-0.15, -0.1) is 0 Å². The number of benzene rings is 1. The molecule has 4 aromatic rings. The van der Waals surface area contributed by atoms with Gasteiger partial charge < -0.3 is 5.11 Å². The first-order chi connectivity index (χ1) is 13.7. The lowest BCUT2D eigenvalue weighted by atomic mass is 9.99. The molecule has 0 aliphatic carbocycles. The Morgan fingerprint density at radius 1 is 0.931 bits per heavy atom. The lowest BCUT2D eigenvalue weighted by Gasteiger charge is -2.18. The van der Waals surface area contributed by atoms with Crippen molar-refractivity contribution in [3.05, 3.63) is 77.8 Å². The molecule has 3 heterocycles. The summed E-state index contributed by atoms with van der Waals surface area (Å²) in [7, 11) is 0. The Morgan fingerprint density at radius 3 is 2.38 bits per heavy atom. The Hall–Kier alpha value is -3.26. The summed E-state index contributed by atoms with van der Waals surface area (Å²) in [6.45, 7) is 2.92. The van der Waals surface area contributed by atoms with Gasteiger partial charge in [0.1, 0.15) is 17.3 Å². The Labute approximate surface area is 163 Å². The number of hydrogen-bond donors (Lipinski definition) is 1. The van der Waals surface area contributed by atoms with Crippen LogP contribution in [0.25, 0.3) is 28.2 Å². The number of halogens is 4. The predicted octanol–water partition coefficient (Wildman–Crippen LogP) is 4.85. The molecule has 148 valence electrons. The van der Waals surface area contributed by atoms with Crippen LogP contribution in [-0.2, 0) is 5.60 Å². The highest BCUT2D eigenvalue weighted by atomic mass is 19.1. The van der Waals surface area contributed by atoms with Gasteiger partial charge in [-0.25, -0.2) is 22.5 Å². The third-order valence-electron chi connectivity index (χ3n) is 4.60. The SMILES string of the molecule is CC(C)(O)c1ccn2c(-c3ccc(F)c(-c4ncc(F)cc4F)c3)cnc2c1F. The first-order valence-electron chi connectivity index (χ1n) is 8.66. The van der Waals surface area contributed by atoms with E-state index < -0.39 is 28.9 Å². The summed E-state index contributed by atoms with van der Waals surface area (Å²) in [5, 5.41) is 10.1. The van der Waals surface area contributed by atoms with Crippen molar-refractivity contribution >= 4 is 5.65 Å². The molecule has 0 aliphatic rings. The van der Waals surface area contributed by atoms with Gasteiger partial charge in [0.2, 0.25) is 0 Å². The van der Waals surface area contributed by atoms with Crippen molar-refractivity contribution in [3.63, 3.8) is 0 Å². The Kier molecular flexibility index (Phi) is 4.38. The highest BCUT2D eigenvalue weighted by molar-refractivity contribution is 5.72. The standard InChI is InChI=1S/C21H15F4N3O/c1-21(2,29)14-5-6-28-17(10-27-20(28)18(14)25)11-3-4-15(23)13(7-11)19-16(24)8-12(22)9-26-19/h3-10,29H,1-2H3. The van der Waals surface area contributed by atoms with Crippen LogP contribution in [0.3, 0.4) is 0 Å².